The predicted octanol–water partition coefficient (Wildman–Crippen LogP) is 4.00. The van der Waals surface area contributed by atoms with Crippen molar-refractivity contribution in [3.05, 3.63) is 65.7 Å². The molecule has 0 fully saturated rings. The van der Waals surface area contributed by atoms with E-state index in [0.717, 1.165) is 0 Å². The fraction of sp³-hybridized carbons (Fsp3) is 0.333. The number of amides is 2. The zero-order chi connectivity index (χ0) is 21.4. The monoisotopic (exact) mass is 407 g/mol. The van der Waals surface area contributed by atoms with Crippen LogP contribution >= 0.6 is 0 Å². The number of carbonyl (C=O) groups excluding carboxylic acids is 2. The molecule has 0 saturated heterocycles. The van der Waals surface area contributed by atoms with E-state index in [1.807, 2.05) is 13.8 Å². The van der Waals surface area contributed by atoms with Gasteiger partial charge in [-0.2, -0.15) is 13.2 Å². The van der Waals surface area contributed by atoms with Gasteiger partial charge < -0.3 is 10.2 Å². The van der Waals surface area contributed by atoms with Crippen molar-refractivity contribution in [2.45, 2.75) is 26.1 Å². The van der Waals surface area contributed by atoms with Gasteiger partial charge in [-0.3, -0.25) is 14.9 Å². The van der Waals surface area contributed by atoms with Gasteiger partial charge in [0.05, 0.1) is 6.54 Å². The standard InChI is InChI=1S/C21H24F3N3O2/c1-3-27(4-2)20(29)16-10-12-17(13-11-16)26-18(28)14-25-19(21(22,23)24)15-8-6-5-7-9-15/h5-13,19,25H,3-4,14H2,1-2H3,(H,26,28). The average molecular weight is 407 g/mol. The minimum atomic E-state index is -4.53. The first kappa shape index (κ1) is 22.4. The second kappa shape index (κ2) is 10.1. The van der Waals surface area contributed by atoms with E-state index in [2.05, 4.69) is 10.6 Å². The van der Waals surface area contributed by atoms with Crippen molar-refractivity contribution >= 4 is 17.5 Å². The lowest BCUT2D eigenvalue weighted by molar-refractivity contribution is -0.158. The average Bonchev–Trinajstić information content (AvgIpc) is 2.69. The van der Waals surface area contributed by atoms with Crippen LogP contribution in [0.1, 0.15) is 35.8 Å². The molecule has 2 N–H and O–H groups in total. The zero-order valence-electron chi connectivity index (χ0n) is 16.3. The number of benzene rings is 2. The molecule has 0 aromatic heterocycles. The van der Waals surface area contributed by atoms with Crippen molar-refractivity contribution in [2.24, 2.45) is 0 Å². The van der Waals surface area contributed by atoms with E-state index >= 15 is 0 Å². The summed E-state index contributed by atoms with van der Waals surface area (Å²) in [4.78, 5) is 26.0. The quantitative estimate of drug-likeness (QED) is 0.695. The normalized spacial score (nSPS) is 12.3. The molecule has 0 radical (unpaired) electrons. The summed E-state index contributed by atoms with van der Waals surface area (Å²) < 4.78 is 39.9. The lowest BCUT2D eigenvalue weighted by atomic mass is 10.1. The highest BCUT2D eigenvalue weighted by Crippen LogP contribution is 2.32. The van der Waals surface area contributed by atoms with Crippen LogP contribution in [0.2, 0.25) is 0 Å². The van der Waals surface area contributed by atoms with E-state index in [1.54, 1.807) is 35.2 Å². The van der Waals surface area contributed by atoms with Crippen molar-refractivity contribution in [1.29, 1.82) is 0 Å². The van der Waals surface area contributed by atoms with E-state index in [-0.39, 0.29) is 11.5 Å². The second-order valence-electron chi connectivity index (χ2n) is 6.37. The van der Waals surface area contributed by atoms with Gasteiger partial charge >= 0.3 is 6.18 Å². The molecule has 8 heteroatoms. The summed E-state index contributed by atoms with van der Waals surface area (Å²) in [6, 6.07) is 11.7. The molecule has 5 nitrogen and oxygen atoms in total. The largest absolute Gasteiger partial charge is 0.407 e. The maximum atomic E-state index is 13.3. The van der Waals surface area contributed by atoms with Crippen LogP contribution in [0.5, 0.6) is 0 Å². The van der Waals surface area contributed by atoms with Crippen molar-refractivity contribution in [1.82, 2.24) is 10.2 Å². The molecule has 0 saturated carbocycles. The fourth-order valence-corrected chi connectivity index (χ4v) is 2.86. The molecule has 0 aliphatic carbocycles. The molecule has 2 aromatic carbocycles. The summed E-state index contributed by atoms with van der Waals surface area (Å²) in [5.41, 5.74) is 0.911. The van der Waals surface area contributed by atoms with Crippen LogP contribution in [-0.2, 0) is 4.79 Å². The lowest BCUT2D eigenvalue weighted by Gasteiger charge is -2.22. The van der Waals surface area contributed by atoms with Crippen LogP contribution in [0, 0.1) is 0 Å². The minimum absolute atomic E-state index is 0.0343. The lowest BCUT2D eigenvalue weighted by Crippen LogP contribution is -2.38. The first-order valence-corrected chi connectivity index (χ1v) is 9.30. The highest BCUT2D eigenvalue weighted by Gasteiger charge is 2.40. The molecule has 1 atom stereocenters. The number of hydrogen-bond acceptors (Lipinski definition) is 3. The Kier molecular flexibility index (Phi) is 7.78. The fourth-order valence-electron chi connectivity index (χ4n) is 2.86. The van der Waals surface area contributed by atoms with Crippen LogP contribution in [-0.4, -0.2) is 42.5 Å². The van der Waals surface area contributed by atoms with Crippen LogP contribution in [0.4, 0.5) is 18.9 Å². The van der Waals surface area contributed by atoms with Crippen LogP contribution in [0.25, 0.3) is 0 Å². The molecule has 0 heterocycles. The Morgan fingerprint density at radius 3 is 2.07 bits per heavy atom. The van der Waals surface area contributed by atoms with Gasteiger partial charge in [-0.1, -0.05) is 30.3 Å². The van der Waals surface area contributed by atoms with Gasteiger partial charge in [-0.05, 0) is 43.7 Å². The molecule has 2 aromatic rings. The molecule has 2 rings (SSSR count). The number of halogens is 3. The van der Waals surface area contributed by atoms with Crippen LogP contribution < -0.4 is 10.6 Å². The number of hydrogen-bond donors (Lipinski definition) is 2. The number of rotatable bonds is 8. The second-order valence-corrected chi connectivity index (χ2v) is 6.37. The number of alkyl halides is 3. The third kappa shape index (κ3) is 6.32. The molecule has 1 unspecified atom stereocenters. The Balaban J connectivity index is 1.97. The van der Waals surface area contributed by atoms with Gasteiger partial charge in [-0.25, -0.2) is 0 Å². The van der Waals surface area contributed by atoms with Crippen LogP contribution in [0.3, 0.4) is 0 Å². The molecule has 0 spiro atoms. The van der Waals surface area contributed by atoms with Crippen molar-refractivity contribution in [2.75, 3.05) is 25.0 Å². The van der Waals surface area contributed by atoms with E-state index in [9.17, 15) is 22.8 Å². The summed E-state index contributed by atoms with van der Waals surface area (Å²) in [6.45, 7) is 4.42. The van der Waals surface area contributed by atoms with Gasteiger partial charge in [-0.15, -0.1) is 0 Å². The Hall–Kier alpha value is -2.87. The third-order valence-corrected chi connectivity index (χ3v) is 4.39. The number of carbonyl (C=O) groups is 2. The van der Waals surface area contributed by atoms with Crippen LogP contribution in [0.15, 0.2) is 54.6 Å². The zero-order valence-corrected chi connectivity index (χ0v) is 16.3. The maximum Gasteiger partial charge on any atom is 0.407 e. The number of nitrogens with zero attached hydrogens (tertiary/aromatic N) is 1. The molecule has 0 aliphatic rings. The molecule has 156 valence electrons. The predicted molar refractivity (Wildman–Crippen MR) is 106 cm³/mol. The van der Waals surface area contributed by atoms with Gasteiger partial charge in [0.15, 0.2) is 0 Å². The highest BCUT2D eigenvalue weighted by molar-refractivity contribution is 5.96. The van der Waals surface area contributed by atoms with E-state index in [0.29, 0.717) is 24.3 Å². The first-order valence-electron chi connectivity index (χ1n) is 9.30. The smallest absolute Gasteiger partial charge is 0.339 e. The highest BCUT2D eigenvalue weighted by atomic mass is 19.4. The van der Waals surface area contributed by atoms with E-state index < -0.39 is 24.7 Å². The summed E-state index contributed by atoms with van der Waals surface area (Å²) in [7, 11) is 0. The summed E-state index contributed by atoms with van der Waals surface area (Å²) >= 11 is 0. The summed E-state index contributed by atoms with van der Waals surface area (Å²) in [5.74, 6) is -0.733. The molecule has 2 amide bonds. The van der Waals surface area contributed by atoms with E-state index in [4.69, 9.17) is 0 Å². The SMILES string of the molecule is CCN(CC)C(=O)c1ccc(NC(=O)CNC(c2ccccc2)C(F)(F)F)cc1. The minimum Gasteiger partial charge on any atom is -0.339 e. The molecular formula is C21H24F3N3O2. The Morgan fingerprint density at radius 1 is 0.966 bits per heavy atom. The molecular weight excluding hydrogens is 383 g/mol. The van der Waals surface area contributed by atoms with Crippen molar-refractivity contribution < 1.29 is 22.8 Å². The van der Waals surface area contributed by atoms with E-state index in [1.165, 1.54) is 24.3 Å². The molecule has 0 aliphatic heterocycles. The third-order valence-electron chi connectivity index (χ3n) is 4.39. The number of anilines is 1. The van der Waals surface area contributed by atoms with Gasteiger partial charge in [0.1, 0.15) is 6.04 Å². The van der Waals surface area contributed by atoms with Crippen molar-refractivity contribution in [3.63, 3.8) is 0 Å². The Morgan fingerprint density at radius 2 is 1.55 bits per heavy atom. The summed E-state index contributed by atoms with van der Waals surface area (Å²) in [6.07, 6.45) is -4.53. The topological polar surface area (TPSA) is 61.4 Å². The molecule has 29 heavy (non-hydrogen) atoms. The van der Waals surface area contributed by atoms with Gasteiger partial charge in [0.2, 0.25) is 5.91 Å². The summed E-state index contributed by atoms with van der Waals surface area (Å²) in [5, 5.41) is 4.79. The van der Waals surface area contributed by atoms with Gasteiger partial charge in [0, 0.05) is 24.3 Å². The Bertz CT molecular complexity index is 804. The van der Waals surface area contributed by atoms with Gasteiger partial charge in [0.25, 0.3) is 5.91 Å². The Labute approximate surface area is 167 Å². The molecule has 0 bridgehead atoms. The van der Waals surface area contributed by atoms with Crippen molar-refractivity contribution in [3.8, 4) is 0 Å². The maximum absolute atomic E-state index is 13.3. The number of nitrogens with one attached hydrogen (secondary N) is 2. The first-order chi connectivity index (χ1) is 13.8.